The van der Waals surface area contributed by atoms with Gasteiger partial charge in [0.05, 0.1) is 24.3 Å². The van der Waals surface area contributed by atoms with Gasteiger partial charge in [-0.3, -0.25) is 0 Å². The molecule has 1 saturated heterocycles. The minimum atomic E-state index is -4.35. The average molecular weight is 274 g/mol. The number of hydrogen-bond acceptors (Lipinski definition) is 3. The first-order valence-corrected chi connectivity index (χ1v) is 6.11. The fourth-order valence-corrected chi connectivity index (χ4v) is 2.17. The zero-order valence-corrected chi connectivity index (χ0v) is 10.7. The largest absolute Gasteiger partial charge is 0.416 e. The SMILES string of the molecule is CN1CCOC(C(N)c2cccc(C(F)(F)F)c2)C1. The maximum absolute atomic E-state index is 12.7. The molecule has 19 heavy (non-hydrogen) atoms. The van der Waals surface area contributed by atoms with E-state index in [1.54, 1.807) is 6.07 Å². The summed E-state index contributed by atoms with van der Waals surface area (Å²) in [6.07, 6.45) is -4.62. The van der Waals surface area contributed by atoms with Crippen LogP contribution < -0.4 is 5.73 Å². The van der Waals surface area contributed by atoms with Crippen LogP contribution in [0.2, 0.25) is 0 Å². The van der Waals surface area contributed by atoms with Crippen molar-refractivity contribution >= 4 is 0 Å². The number of ether oxygens (including phenoxy) is 1. The van der Waals surface area contributed by atoms with Crippen molar-refractivity contribution in [2.24, 2.45) is 5.73 Å². The van der Waals surface area contributed by atoms with Crippen LogP contribution in [0.15, 0.2) is 24.3 Å². The molecular formula is C13H17F3N2O. The lowest BCUT2D eigenvalue weighted by Crippen LogP contribution is -2.45. The van der Waals surface area contributed by atoms with Gasteiger partial charge in [-0.2, -0.15) is 13.2 Å². The maximum atomic E-state index is 12.7. The van der Waals surface area contributed by atoms with Crippen molar-refractivity contribution in [1.82, 2.24) is 4.90 Å². The highest BCUT2D eigenvalue weighted by Crippen LogP contribution is 2.31. The van der Waals surface area contributed by atoms with Crippen molar-refractivity contribution in [3.8, 4) is 0 Å². The Kier molecular flexibility index (Phi) is 4.13. The number of alkyl halides is 3. The van der Waals surface area contributed by atoms with Crippen molar-refractivity contribution in [1.29, 1.82) is 0 Å². The number of hydrogen-bond donors (Lipinski definition) is 1. The van der Waals surface area contributed by atoms with E-state index in [1.807, 2.05) is 7.05 Å². The molecule has 0 saturated carbocycles. The van der Waals surface area contributed by atoms with E-state index in [0.717, 1.165) is 18.7 Å². The summed E-state index contributed by atoms with van der Waals surface area (Å²) in [5.41, 5.74) is 5.80. The predicted molar refractivity (Wildman–Crippen MR) is 65.6 cm³/mol. The molecule has 106 valence electrons. The first-order valence-electron chi connectivity index (χ1n) is 6.11. The molecule has 2 rings (SSSR count). The third kappa shape index (κ3) is 3.46. The zero-order chi connectivity index (χ0) is 14.0. The van der Waals surface area contributed by atoms with E-state index < -0.39 is 17.8 Å². The van der Waals surface area contributed by atoms with E-state index in [4.69, 9.17) is 10.5 Å². The fraction of sp³-hybridized carbons (Fsp3) is 0.538. The average Bonchev–Trinajstić information content (AvgIpc) is 2.37. The summed E-state index contributed by atoms with van der Waals surface area (Å²) >= 11 is 0. The first kappa shape index (κ1) is 14.3. The first-order chi connectivity index (χ1) is 8.88. The monoisotopic (exact) mass is 274 g/mol. The van der Waals surface area contributed by atoms with E-state index in [2.05, 4.69) is 4.90 Å². The maximum Gasteiger partial charge on any atom is 0.416 e. The van der Waals surface area contributed by atoms with Gasteiger partial charge in [0, 0.05) is 13.1 Å². The second-order valence-corrected chi connectivity index (χ2v) is 4.82. The van der Waals surface area contributed by atoms with Crippen molar-refractivity contribution < 1.29 is 17.9 Å². The Morgan fingerprint density at radius 3 is 2.79 bits per heavy atom. The molecule has 1 aromatic rings. The lowest BCUT2D eigenvalue weighted by Gasteiger charge is -2.33. The molecule has 2 unspecified atom stereocenters. The molecule has 1 heterocycles. The highest BCUT2D eigenvalue weighted by Gasteiger charge is 2.32. The lowest BCUT2D eigenvalue weighted by atomic mass is 9.99. The zero-order valence-electron chi connectivity index (χ0n) is 10.7. The number of halogens is 3. The molecule has 1 aromatic carbocycles. The van der Waals surface area contributed by atoms with Crippen LogP contribution in [0.3, 0.4) is 0 Å². The second-order valence-electron chi connectivity index (χ2n) is 4.82. The van der Waals surface area contributed by atoms with Crippen LogP contribution in [-0.2, 0) is 10.9 Å². The van der Waals surface area contributed by atoms with Crippen LogP contribution in [0.1, 0.15) is 17.2 Å². The second kappa shape index (κ2) is 5.48. The number of nitrogens with zero attached hydrogens (tertiary/aromatic N) is 1. The number of rotatable bonds is 2. The molecule has 3 nitrogen and oxygen atoms in total. The Labute approximate surface area is 110 Å². The molecule has 1 aliphatic rings. The molecule has 0 radical (unpaired) electrons. The molecule has 0 amide bonds. The minimum Gasteiger partial charge on any atom is -0.374 e. The number of nitrogens with two attached hydrogens (primary N) is 1. The summed E-state index contributed by atoms with van der Waals surface area (Å²) < 4.78 is 43.5. The van der Waals surface area contributed by atoms with Gasteiger partial charge >= 0.3 is 6.18 Å². The number of benzene rings is 1. The Morgan fingerprint density at radius 1 is 1.42 bits per heavy atom. The summed E-state index contributed by atoms with van der Waals surface area (Å²) in [5.74, 6) is 0. The highest BCUT2D eigenvalue weighted by molar-refractivity contribution is 5.28. The van der Waals surface area contributed by atoms with E-state index in [1.165, 1.54) is 6.07 Å². The normalized spacial score (nSPS) is 23.3. The summed E-state index contributed by atoms with van der Waals surface area (Å²) in [5, 5.41) is 0. The molecule has 2 atom stereocenters. The fourth-order valence-electron chi connectivity index (χ4n) is 2.17. The molecule has 1 aliphatic heterocycles. The third-order valence-corrected chi connectivity index (χ3v) is 3.30. The van der Waals surface area contributed by atoms with Crippen LogP contribution in [0, 0.1) is 0 Å². The summed E-state index contributed by atoms with van der Waals surface area (Å²) in [7, 11) is 1.94. The minimum absolute atomic E-state index is 0.276. The lowest BCUT2D eigenvalue weighted by molar-refractivity contribution is -0.137. The smallest absolute Gasteiger partial charge is 0.374 e. The molecule has 2 N–H and O–H groups in total. The molecule has 0 spiro atoms. The van der Waals surface area contributed by atoms with Crippen molar-refractivity contribution in [3.63, 3.8) is 0 Å². The number of likely N-dealkylation sites (N-methyl/N-ethyl adjacent to an activating group) is 1. The Balaban J connectivity index is 2.17. The standard InChI is InChI=1S/C13H17F3N2O/c1-18-5-6-19-11(8-18)12(17)9-3-2-4-10(7-9)13(14,15)16/h2-4,7,11-12H,5-6,8,17H2,1H3. The van der Waals surface area contributed by atoms with Crippen molar-refractivity contribution in [3.05, 3.63) is 35.4 Å². The van der Waals surface area contributed by atoms with Gasteiger partial charge < -0.3 is 15.4 Å². The molecular weight excluding hydrogens is 257 g/mol. The van der Waals surface area contributed by atoms with Gasteiger partial charge in [-0.1, -0.05) is 12.1 Å². The predicted octanol–water partition coefficient (Wildman–Crippen LogP) is 2.04. The van der Waals surface area contributed by atoms with Crippen LogP contribution in [0.4, 0.5) is 13.2 Å². The molecule has 6 heteroatoms. The van der Waals surface area contributed by atoms with Crippen LogP contribution >= 0.6 is 0 Å². The number of morpholine rings is 1. The summed E-state index contributed by atoms with van der Waals surface area (Å²) in [4.78, 5) is 2.06. The molecule has 0 aromatic heterocycles. The molecule has 0 bridgehead atoms. The Morgan fingerprint density at radius 2 is 2.16 bits per heavy atom. The summed E-state index contributed by atoms with van der Waals surface area (Å²) in [6.45, 7) is 1.98. The quantitative estimate of drug-likeness (QED) is 0.897. The van der Waals surface area contributed by atoms with E-state index >= 15 is 0 Å². The van der Waals surface area contributed by atoms with Crippen molar-refractivity contribution in [2.45, 2.75) is 18.3 Å². The van der Waals surface area contributed by atoms with Crippen LogP contribution in [-0.4, -0.2) is 37.7 Å². The van der Waals surface area contributed by atoms with Crippen molar-refractivity contribution in [2.75, 3.05) is 26.7 Å². The van der Waals surface area contributed by atoms with Gasteiger partial charge in [-0.25, -0.2) is 0 Å². The Hall–Kier alpha value is -1.11. The molecule has 0 aliphatic carbocycles. The van der Waals surface area contributed by atoms with Crippen LogP contribution in [0.5, 0.6) is 0 Å². The highest BCUT2D eigenvalue weighted by atomic mass is 19.4. The molecule has 1 fully saturated rings. The third-order valence-electron chi connectivity index (χ3n) is 3.30. The van der Waals surface area contributed by atoms with Gasteiger partial charge in [0.25, 0.3) is 0 Å². The van der Waals surface area contributed by atoms with E-state index in [0.29, 0.717) is 18.7 Å². The van der Waals surface area contributed by atoms with Gasteiger partial charge in [0.2, 0.25) is 0 Å². The van der Waals surface area contributed by atoms with Gasteiger partial charge in [0.15, 0.2) is 0 Å². The van der Waals surface area contributed by atoms with Gasteiger partial charge in [0.1, 0.15) is 0 Å². The van der Waals surface area contributed by atoms with Gasteiger partial charge in [-0.05, 0) is 24.7 Å². The Bertz CT molecular complexity index is 436. The topological polar surface area (TPSA) is 38.5 Å². The summed E-state index contributed by atoms with van der Waals surface area (Å²) in [6, 6.07) is 4.58. The van der Waals surface area contributed by atoms with E-state index in [-0.39, 0.29) is 6.10 Å². The van der Waals surface area contributed by atoms with Crippen LogP contribution in [0.25, 0.3) is 0 Å². The van der Waals surface area contributed by atoms with E-state index in [9.17, 15) is 13.2 Å². The van der Waals surface area contributed by atoms with Gasteiger partial charge in [-0.15, -0.1) is 0 Å².